The Kier molecular flexibility index (Phi) is 4.70. The van der Waals surface area contributed by atoms with Crippen LogP contribution >= 0.6 is 0 Å². The van der Waals surface area contributed by atoms with Crippen LogP contribution in [0.4, 0.5) is 0 Å². The lowest BCUT2D eigenvalue weighted by Crippen LogP contribution is -2.38. The van der Waals surface area contributed by atoms with Crippen molar-refractivity contribution in [2.24, 2.45) is 5.92 Å². The molecule has 0 saturated carbocycles. The summed E-state index contributed by atoms with van der Waals surface area (Å²) in [6.07, 6.45) is 2.53. The summed E-state index contributed by atoms with van der Waals surface area (Å²) in [5.41, 5.74) is -1.62. The zero-order valence-electron chi connectivity index (χ0n) is 8.29. The Hall–Kier alpha value is -0.830. The summed E-state index contributed by atoms with van der Waals surface area (Å²) in [6, 6.07) is 0. The van der Waals surface area contributed by atoms with Crippen molar-refractivity contribution < 1.29 is 15.0 Å². The number of hydrogen-bond acceptors (Lipinski definition) is 2. The third kappa shape index (κ3) is 4.08. The largest absolute Gasteiger partial charge is 0.479 e. The first-order chi connectivity index (χ1) is 5.92. The van der Waals surface area contributed by atoms with Crippen molar-refractivity contribution in [2.75, 3.05) is 0 Å². The molecule has 0 heterocycles. The molecule has 0 rings (SSSR count). The van der Waals surface area contributed by atoms with Crippen molar-refractivity contribution in [1.82, 2.24) is 0 Å². The molecule has 0 aromatic carbocycles. The van der Waals surface area contributed by atoms with E-state index in [1.54, 1.807) is 0 Å². The predicted molar refractivity (Wildman–Crippen MR) is 51.5 cm³/mol. The zero-order chi connectivity index (χ0) is 10.5. The van der Waals surface area contributed by atoms with Gasteiger partial charge in [0.2, 0.25) is 0 Å². The predicted octanol–water partition coefficient (Wildman–Crippen LogP) is 1.81. The summed E-state index contributed by atoms with van der Waals surface area (Å²) in [5.74, 6) is -0.760. The summed E-state index contributed by atoms with van der Waals surface area (Å²) < 4.78 is 0. The van der Waals surface area contributed by atoms with E-state index in [2.05, 4.69) is 6.58 Å². The van der Waals surface area contributed by atoms with Crippen LogP contribution in [0, 0.1) is 5.92 Å². The second kappa shape index (κ2) is 5.02. The second-order valence-corrected chi connectivity index (χ2v) is 3.76. The highest BCUT2D eigenvalue weighted by molar-refractivity contribution is 5.77. The number of aliphatic hydroxyl groups is 1. The van der Waals surface area contributed by atoms with E-state index in [4.69, 9.17) is 5.11 Å². The topological polar surface area (TPSA) is 57.5 Å². The first-order valence-electron chi connectivity index (χ1n) is 4.49. The third-order valence-electron chi connectivity index (χ3n) is 2.02. The molecule has 0 aromatic heterocycles. The van der Waals surface area contributed by atoms with Crippen molar-refractivity contribution in [3.63, 3.8) is 0 Å². The van der Waals surface area contributed by atoms with E-state index in [9.17, 15) is 9.90 Å². The van der Waals surface area contributed by atoms with Crippen LogP contribution in [0.3, 0.4) is 0 Å². The molecule has 0 radical (unpaired) electrons. The number of rotatable bonds is 6. The van der Waals surface area contributed by atoms with Gasteiger partial charge in [0.05, 0.1) is 0 Å². The van der Waals surface area contributed by atoms with E-state index in [0.29, 0.717) is 12.3 Å². The van der Waals surface area contributed by atoms with Crippen molar-refractivity contribution in [1.29, 1.82) is 0 Å². The van der Waals surface area contributed by atoms with E-state index >= 15 is 0 Å². The highest BCUT2D eigenvalue weighted by atomic mass is 16.4. The molecule has 0 spiro atoms. The molecule has 2 N–H and O–H groups in total. The van der Waals surface area contributed by atoms with Gasteiger partial charge in [-0.15, -0.1) is 6.58 Å². The minimum Gasteiger partial charge on any atom is -0.479 e. The molecule has 0 amide bonds. The lowest BCUT2D eigenvalue weighted by atomic mass is 9.91. The van der Waals surface area contributed by atoms with Crippen molar-refractivity contribution in [2.45, 2.75) is 38.7 Å². The molecule has 0 fully saturated rings. The number of carbonyl (C=O) groups is 1. The van der Waals surface area contributed by atoms with E-state index in [-0.39, 0.29) is 12.8 Å². The Morgan fingerprint density at radius 3 is 2.46 bits per heavy atom. The molecular formula is C10H18O3. The fraction of sp³-hybridized carbons (Fsp3) is 0.700. The first-order valence-corrected chi connectivity index (χ1v) is 4.49. The average Bonchev–Trinajstić information content (AvgIpc) is 2.01. The van der Waals surface area contributed by atoms with Gasteiger partial charge in [-0.3, -0.25) is 0 Å². The standard InChI is InChI=1S/C10H18O3/c1-4-6-10(13,9(11)12)7-5-8(2)3/h4,8,13H,1,5-7H2,2-3H3,(H,11,12). The highest BCUT2D eigenvalue weighted by Gasteiger charge is 2.33. The maximum absolute atomic E-state index is 10.7. The van der Waals surface area contributed by atoms with Gasteiger partial charge in [0, 0.05) is 6.42 Å². The number of carboxylic acids is 1. The zero-order valence-corrected chi connectivity index (χ0v) is 8.29. The molecule has 3 heteroatoms. The lowest BCUT2D eigenvalue weighted by Gasteiger charge is -2.22. The Morgan fingerprint density at radius 2 is 2.15 bits per heavy atom. The van der Waals surface area contributed by atoms with E-state index in [1.165, 1.54) is 6.08 Å². The number of carboxylic acid groups (broad SMARTS) is 1. The molecular weight excluding hydrogens is 168 g/mol. The quantitative estimate of drug-likeness (QED) is 0.622. The SMILES string of the molecule is C=CCC(O)(CCC(C)C)C(=O)O. The molecule has 13 heavy (non-hydrogen) atoms. The maximum atomic E-state index is 10.7. The minimum atomic E-state index is -1.62. The average molecular weight is 186 g/mol. The molecule has 0 aliphatic heterocycles. The smallest absolute Gasteiger partial charge is 0.335 e. The maximum Gasteiger partial charge on any atom is 0.335 e. The molecule has 0 bridgehead atoms. The number of hydrogen-bond donors (Lipinski definition) is 2. The monoisotopic (exact) mass is 186 g/mol. The summed E-state index contributed by atoms with van der Waals surface area (Å²) >= 11 is 0. The van der Waals surface area contributed by atoms with Crippen LogP contribution in [0.25, 0.3) is 0 Å². The van der Waals surface area contributed by atoms with Gasteiger partial charge in [0.15, 0.2) is 5.60 Å². The van der Waals surface area contributed by atoms with Gasteiger partial charge in [-0.25, -0.2) is 4.79 Å². The van der Waals surface area contributed by atoms with Crippen LogP contribution in [0.1, 0.15) is 33.1 Å². The van der Waals surface area contributed by atoms with Crippen LogP contribution in [0.5, 0.6) is 0 Å². The normalized spacial score (nSPS) is 15.4. The summed E-state index contributed by atoms with van der Waals surface area (Å²) in [7, 11) is 0. The Balaban J connectivity index is 4.23. The van der Waals surface area contributed by atoms with Gasteiger partial charge in [0.1, 0.15) is 0 Å². The van der Waals surface area contributed by atoms with E-state index in [0.717, 1.165) is 0 Å². The van der Waals surface area contributed by atoms with E-state index < -0.39 is 11.6 Å². The van der Waals surface area contributed by atoms with Gasteiger partial charge < -0.3 is 10.2 Å². The third-order valence-corrected chi connectivity index (χ3v) is 2.02. The second-order valence-electron chi connectivity index (χ2n) is 3.76. The summed E-state index contributed by atoms with van der Waals surface area (Å²) in [5, 5.41) is 18.4. The van der Waals surface area contributed by atoms with Crippen LogP contribution < -0.4 is 0 Å². The van der Waals surface area contributed by atoms with Crippen LogP contribution in [0.2, 0.25) is 0 Å². The van der Waals surface area contributed by atoms with Crippen LogP contribution in [0.15, 0.2) is 12.7 Å². The van der Waals surface area contributed by atoms with Crippen molar-refractivity contribution in [3.05, 3.63) is 12.7 Å². The van der Waals surface area contributed by atoms with Gasteiger partial charge in [-0.2, -0.15) is 0 Å². The molecule has 0 aliphatic rings. The lowest BCUT2D eigenvalue weighted by molar-refractivity contribution is -0.159. The van der Waals surface area contributed by atoms with Crippen molar-refractivity contribution >= 4 is 5.97 Å². The molecule has 1 unspecified atom stereocenters. The van der Waals surface area contributed by atoms with Crippen LogP contribution in [-0.2, 0) is 4.79 Å². The molecule has 1 atom stereocenters. The molecule has 76 valence electrons. The fourth-order valence-electron chi connectivity index (χ4n) is 1.06. The van der Waals surface area contributed by atoms with Gasteiger partial charge in [0.25, 0.3) is 0 Å². The number of aliphatic carboxylic acids is 1. The fourth-order valence-corrected chi connectivity index (χ4v) is 1.06. The first kappa shape index (κ1) is 12.2. The minimum absolute atomic E-state index is 0.106. The Morgan fingerprint density at radius 1 is 1.62 bits per heavy atom. The highest BCUT2D eigenvalue weighted by Crippen LogP contribution is 2.21. The molecule has 0 saturated heterocycles. The van der Waals surface area contributed by atoms with Gasteiger partial charge >= 0.3 is 5.97 Å². The van der Waals surface area contributed by atoms with Gasteiger partial charge in [-0.1, -0.05) is 19.9 Å². The van der Waals surface area contributed by atoms with Crippen LogP contribution in [-0.4, -0.2) is 21.8 Å². The Bertz CT molecular complexity index is 187. The van der Waals surface area contributed by atoms with E-state index in [1.807, 2.05) is 13.8 Å². The summed E-state index contributed by atoms with van der Waals surface area (Å²) in [4.78, 5) is 10.7. The molecule has 0 aromatic rings. The Labute approximate surface area is 79.1 Å². The van der Waals surface area contributed by atoms with Gasteiger partial charge in [-0.05, 0) is 18.8 Å². The summed E-state index contributed by atoms with van der Waals surface area (Å²) in [6.45, 7) is 7.42. The molecule has 0 aliphatic carbocycles. The molecule has 3 nitrogen and oxygen atoms in total. The van der Waals surface area contributed by atoms with Crippen molar-refractivity contribution in [3.8, 4) is 0 Å².